The topological polar surface area (TPSA) is 38.3 Å². The van der Waals surface area contributed by atoms with Crippen LogP contribution in [0.15, 0.2) is 0 Å². The molecule has 1 fully saturated rings. The molecule has 1 saturated carbocycles. The average molecular weight is 203 g/mol. The SMILES string of the molecule is CNC1CCCC1SCC(=O)OC. The van der Waals surface area contributed by atoms with Crippen molar-refractivity contribution < 1.29 is 9.53 Å². The molecular formula is C9H17NO2S. The van der Waals surface area contributed by atoms with E-state index in [1.165, 1.54) is 26.4 Å². The predicted octanol–water partition coefficient (Wildman–Crippen LogP) is 1.03. The van der Waals surface area contributed by atoms with Crippen LogP contribution in [0, 0.1) is 0 Å². The number of methoxy groups -OCH3 is 1. The molecule has 0 bridgehead atoms. The highest BCUT2D eigenvalue weighted by Gasteiger charge is 2.26. The number of hydrogen-bond donors (Lipinski definition) is 1. The molecule has 0 aromatic rings. The summed E-state index contributed by atoms with van der Waals surface area (Å²) in [5.74, 6) is 0.367. The van der Waals surface area contributed by atoms with Gasteiger partial charge in [0.15, 0.2) is 0 Å². The summed E-state index contributed by atoms with van der Waals surface area (Å²) in [5, 5.41) is 3.87. The zero-order chi connectivity index (χ0) is 9.68. The highest BCUT2D eigenvalue weighted by atomic mass is 32.2. The monoisotopic (exact) mass is 203 g/mol. The molecule has 1 aliphatic rings. The molecule has 2 unspecified atom stereocenters. The van der Waals surface area contributed by atoms with Crippen LogP contribution in [-0.2, 0) is 9.53 Å². The van der Waals surface area contributed by atoms with Crippen molar-refractivity contribution in [3.63, 3.8) is 0 Å². The van der Waals surface area contributed by atoms with Crippen LogP contribution in [0.4, 0.5) is 0 Å². The summed E-state index contributed by atoms with van der Waals surface area (Å²) in [6, 6.07) is 0.578. The van der Waals surface area contributed by atoms with Gasteiger partial charge in [0.1, 0.15) is 0 Å². The van der Waals surface area contributed by atoms with Crippen LogP contribution in [0.3, 0.4) is 0 Å². The van der Waals surface area contributed by atoms with Crippen LogP contribution < -0.4 is 5.32 Å². The number of nitrogens with one attached hydrogen (secondary N) is 1. The summed E-state index contributed by atoms with van der Waals surface area (Å²) in [6.45, 7) is 0. The highest BCUT2D eigenvalue weighted by molar-refractivity contribution is 8.00. The lowest BCUT2D eigenvalue weighted by Gasteiger charge is -2.17. The third-order valence-electron chi connectivity index (χ3n) is 2.47. The van der Waals surface area contributed by atoms with Gasteiger partial charge in [0.25, 0.3) is 0 Å². The molecule has 4 heteroatoms. The zero-order valence-electron chi connectivity index (χ0n) is 8.21. The highest BCUT2D eigenvalue weighted by Crippen LogP contribution is 2.29. The van der Waals surface area contributed by atoms with Crippen molar-refractivity contribution in [3.05, 3.63) is 0 Å². The third kappa shape index (κ3) is 3.19. The number of carbonyl (C=O) groups is 1. The molecular weight excluding hydrogens is 186 g/mol. The second-order valence-corrected chi connectivity index (χ2v) is 4.48. The number of esters is 1. The minimum atomic E-state index is -0.119. The third-order valence-corrected chi connectivity index (χ3v) is 3.86. The van der Waals surface area contributed by atoms with E-state index in [1.54, 1.807) is 11.8 Å². The first kappa shape index (κ1) is 10.9. The Bertz CT molecular complexity index is 175. The van der Waals surface area contributed by atoms with Gasteiger partial charge in [-0.1, -0.05) is 6.42 Å². The minimum absolute atomic E-state index is 0.119. The zero-order valence-corrected chi connectivity index (χ0v) is 9.02. The first-order chi connectivity index (χ1) is 6.27. The molecule has 1 N–H and O–H groups in total. The molecule has 0 aliphatic heterocycles. The normalized spacial score (nSPS) is 27.5. The van der Waals surface area contributed by atoms with Gasteiger partial charge >= 0.3 is 5.97 Å². The number of ether oxygens (including phenoxy) is 1. The largest absolute Gasteiger partial charge is 0.468 e. The molecule has 3 nitrogen and oxygen atoms in total. The molecule has 1 aliphatic carbocycles. The van der Waals surface area contributed by atoms with E-state index >= 15 is 0 Å². The Morgan fingerprint density at radius 1 is 1.62 bits per heavy atom. The van der Waals surface area contributed by atoms with E-state index in [9.17, 15) is 4.79 Å². The predicted molar refractivity (Wildman–Crippen MR) is 55.0 cm³/mol. The lowest BCUT2D eigenvalue weighted by atomic mass is 10.2. The number of thioether (sulfide) groups is 1. The Morgan fingerprint density at radius 3 is 3.00 bits per heavy atom. The fraction of sp³-hybridized carbons (Fsp3) is 0.889. The fourth-order valence-corrected chi connectivity index (χ4v) is 3.00. The van der Waals surface area contributed by atoms with Crippen LogP contribution in [0.5, 0.6) is 0 Å². The van der Waals surface area contributed by atoms with E-state index in [0.29, 0.717) is 17.0 Å². The van der Waals surface area contributed by atoms with E-state index in [4.69, 9.17) is 0 Å². The number of hydrogen-bond acceptors (Lipinski definition) is 4. The van der Waals surface area contributed by atoms with Gasteiger partial charge in [-0.2, -0.15) is 0 Å². The Balaban J connectivity index is 2.23. The van der Waals surface area contributed by atoms with Crippen molar-refractivity contribution in [2.75, 3.05) is 19.9 Å². The molecule has 0 aromatic carbocycles. The van der Waals surface area contributed by atoms with Crippen LogP contribution in [-0.4, -0.2) is 37.2 Å². The summed E-state index contributed by atoms with van der Waals surface area (Å²) < 4.78 is 4.60. The van der Waals surface area contributed by atoms with Crippen LogP contribution in [0.25, 0.3) is 0 Å². The van der Waals surface area contributed by atoms with Crippen LogP contribution in [0.2, 0.25) is 0 Å². The van der Waals surface area contributed by atoms with Crippen LogP contribution >= 0.6 is 11.8 Å². The summed E-state index contributed by atoms with van der Waals surface area (Å²) in [4.78, 5) is 10.9. The molecule has 0 amide bonds. The lowest BCUT2D eigenvalue weighted by Crippen LogP contribution is -2.31. The molecule has 1 rings (SSSR count). The molecule has 0 aromatic heterocycles. The van der Waals surface area contributed by atoms with Gasteiger partial charge in [-0.3, -0.25) is 4.79 Å². The molecule has 0 spiro atoms. The van der Waals surface area contributed by atoms with Crippen molar-refractivity contribution in [1.29, 1.82) is 0 Å². The van der Waals surface area contributed by atoms with E-state index in [1.807, 2.05) is 7.05 Å². The first-order valence-electron chi connectivity index (χ1n) is 4.63. The second kappa shape index (κ2) is 5.50. The number of rotatable bonds is 4. The van der Waals surface area contributed by atoms with E-state index in [2.05, 4.69) is 10.1 Å². The van der Waals surface area contributed by atoms with Gasteiger partial charge in [0.2, 0.25) is 0 Å². The van der Waals surface area contributed by atoms with E-state index in [-0.39, 0.29) is 5.97 Å². The van der Waals surface area contributed by atoms with Gasteiger partial charge in [-0.15, -0.1) is 11.8 Å². The van der Waals surface area contributed by atoms with Gasteiger partial charge in [0.05, 0.1) is 12.9 Å². The van der Waals surface area contributed by atoms with Crippen molar-refractivity contribution in [2.24, 2.45) is 0 Å². The summed E-state index contributed by atoms with van der Waals surface area (Å²) in [7, 11) is 3.43. The average Bonchev–Trinajstić information content (AvgIpc) is 2.61. The molecule has 76 valence electrons. The maximum absolute atomic E-state index is 10.9. The Kier molecular flexibility index (Phi) is 4.59. The Morgan fingerprint density at radius 2 is 2.38 bits per heavy atom. The maximum Gasteiger partial charge on any atom is 0.315 e. The smallest absolute Gasteiger partial charge is 0.315 e. The molecule has 0 radical (unpaired) electrons. The molecule has 2 atom stereocenters. The molecule has 0 saturated heterocycles. The maximum atomic E-state index is 10.9. The molecule has 13 heavy (non-hydrogen) atoms. The fourth-order valence-electron chi connectivity index (χ4n) is 1.69. The summed E-state index contributed by atoms with van der Waals surface area (Å²) in [5.41, 5.74) is 0. The van der Waals surface area contributed by atoms with Crippen molar-refractivity contribution in [2.45, 2.75) is 30.6 Å². The van der Waals surface area contributed by atoms with Gasteiger partial charge in [0, 0.05) is 11.3 Å². The minimum Gasteiger partial charge on any atom is -0.468 e. The van der Waals surface area contributed by atoms with E-state index in [0.717, 1.165) is 0 Å². The standard InChI is InChI=1S/C9H17NO2S/c1-10-7-4-3-5-8(7)13-6-9(11)12-2/h7-8,10H,3-6H2,1-2H3. The Labute approximate surface area is 83.6 Å². The number of carbonyl (C=O) groups excluding carboxylic acids is 1. The Hall–Kier alpha value is -0.220. The van der Waals surface area contributed by atoms with Crippen molar-refractivity contribution >= 4 is 17.7 Å². The van der Waals surface area contributed by atoms with Crippen LogP contribution in [0.1, 0.15) is 19.3 Å². The van der Waals surface area contributed by atoms with E-state index < -0.39 is 0 Å². The van der Waals surface area contributed by atoms with Gasteiger partial charge in [-0.25, -0.2) is 0 Å². The summed E-state index contributed by atoms with van der Waals surface area (Å²) in [6.07, 6.45) is 3.72. The van der Waals surface area contributed by atoms with Gasteiger partial charge < -0.3 is 10.1 Å². The van der Waals surface area contributed by atoms with Crippen molar-refractivity contribution in [3.8, 4) is 0 Å². The lowest BCUT2D eigenvalue weighted by molar-refractivity contribution is -0.137. The summed E-state index contributed by atoms with van der Waals surface area (Å²) >= 11 is 1.71. The molecule has 0 heterocycles. The van der Waals surface area contributed by atoms with Crippen molar-refractivity contribution in [1.82, 2.24) is 5.32 Å². The van der Waals surface area contributed by atoms with Gasteiger partial charge in [-0.05, 0) is 19.9 Å². The quantitative estimate of drug-likeness (QED) is 0.693. The first-order valence-corrected chi connectivity index (χ1v) is 5.68. The second-order valence-electron chi connectivity index (χ2n) is 3.25.